The molecule has 1 aliphatic rings. The van der Waals surface area contributed by atoms with Gasteiger partial charge in [-0.15, -0.1) is 0 Å². The third kappa shape index (κ3) is 3.76. The fourth-order valence-electron chi connectivity index (χ4n) is 3.04. The topological polar surface area (TPSA) is 90.4 Å². The molecule has 1 aliphatic carbocycles. The third-order valence-corrected chi connectivity index (χ3v) is 5.04. The first-order chi connectivity index (χ1) is 13.4. The maximum atomic E-state index is 11.2. The molecule has 0 radical (unpaired) electrons. The number of pyridine rings is 1. The van der Waals surface area contributed by atoms with Crippen molar-refractivity contribution in [2.24, 2.45) is 0 Å². The molecule has 150 valence electrons. The number of carbonyl (C=O) groups is 1. The smallest absolute Gasteiger partial charge is 0.407 e. The maximum Gasteiger partial charge on any atom is 0.407 e. The van der Waals surface area contributed by atoms with E-state index in [1.54, 1.807) is 40.8 Å². The van der Waals surface area contributed by atoms with E-state index in [9.17, 15) is 9.90 Å². The van der Waals surface area contributed by atoms with Gasteiger partial charge in [-0.25, -0.2) is 4.79 Å². The van der Waals surface area contributed by atoms with Crippen LogP contribution in [0.2, 0.25) is 0 Å². The molecule has 28 heavy (non-hydrogen) atoms. The van der Waals surface area contributed by atoms with Crippen LogP contribution in [0.25, 0.3) is 11.1 Å². The van der Waals surface area contributed by atoms with Gasteiger partial charge in [0.25, 0.3) is 0 Å². The van der Waals surface area contributed by atoms with Crippen LogP contribution in [0.5, 0.6) is 23.0 Å². The van der Waals surface area contributed by atoms with Gasteiger partial charge in [-0.1, -0.05) is 0 Å². The molecule has 0 atom stereocenters. The highest BCUT2D eigenvalue weighted by Gasteiger charge is 2.49. The number of ether oxygens (including phenoxy) is 4. The molecule has 1 N–H and O–H groups in total. The number of aromatic nitrogens is 1. The second kappa shape index (κ2) is 7.84. The summed E-state index contributed by atoms with van der Waals surface area (Å²) in [7, 11) is 6.25. The minimum absolute atomic E-state index is 0.288. The predicted molar refractivity (Wildman–Crippen MR) is 103 cm³/mol. The minimum Gasteiger partial charge on any atom is -0.493 e. The summed E-state index contributed by atoms with van der Waals surface area (Å²) in [5.74, 6) is 2.17. The summed E-state index contributed by atoms with van der Waals surface area (Å²) in [5, 5.41) is 9.21. The molecule has 0 unspecified atom stereocenters. The minimum atomic E-state index is -0.953. The highest BCUT2D eigenvalue weighted by atomic mass is 16.5. The molecule has 1 heterocycles. The van der Waals surface area contributed by atoms with Crippen molar-refractivity contribution in [2.75, 3.05) is 35.0 Å². The Morgan fingerprint density at radius 1 is 1.07 bits per heavy atom. The lowest BCUT2D eigenvalue weighted by Gasteiger charge is -2.25. The van der Waals surface area contributed by atoms with E-state index in [1.165, 1.54) is 4.90 Å². The molecule has 1 fully saturated rings. The van der Waals surface area contributed by atoms with Crippen LogP contribution in [0, 0.1) is 0 Å². The van der Waals surface area contributed by atoms with Crippen LogP contribution < -0.4 is 18.9 Å². The van der Waals surface area contributed by atoms with Crippen LogP contribution >= 0.6 is 0 Å². The predicted octanol–water partition coefficient (Wildman–Crippen LogP) is 3.30. The Kier molecular flexibility index (Phi) is 5.48. The quantitative estimate of drug-likeness (QED) is 0.742. The Morgan fingerprint density at radius 2 is 1.71 bits per heavy atom. The molecule has 1 aromatic heterocycles. The number of rotatable bonds is 8. The summed E-state index contributed by atoms with van der Waals surface area (Å²) >= 11 is 0. The lowest BCUT2D eigenvalue weighted by atomic mass is 10.1. The van der Waals surface area contributed by atoms with Gasteiger partial charge in [0.2, 0.25) is 5.75 Å². The van der Waals surface area contributed by atoms with Crippen molar-refractivity contribution in [1.82, 2.24) is 9.88 Å². The van der Waals surface area contributed by atoms with E-state index in [1.807, 2.05) is 18.2 Å². The van der Waals surface area contributed by atoms with Gasteiger partial charge < -0.3 is 29.0 Å². The highest BCUT2D eigenvalue weighted by molar-refractivity contribution is 5.71. The van der Waals surface area contributed by atoms with E-state index in [2.05, 4.69) is 4.98 Å². The number of benzene rings is 1. The second-order valence-corrected chi connectivity index (χ2v) is 6.68. The van der Waals surface area contributed by atoms with Crippen molar-refractivity contribution in [3.05, 3.63) is 30.6 Å². The van der Waals surface area contributed by atoms with Crippen LogP contribution in [-0.2, 0) is 0 Å². The van der Waals surface area contributed by atoms with Gasteiger partial charge in [0.05, 0.1) is 33.1 Å². The van der Waals surface area contributed by atoms with E-state index < -0.39 is 11.6 Å². The van der Waals surface area contributed by atoms with Crippen molar-refractivity contribution in [3.63, 3.8) is 0 Å². The number of carboxylic acid groups (broad SMARTS) is 1. The van der Waals surface area contributed by atoms with Gasteiger partial charge in [0.1, 0.15) is 12.4 Å². The van der Waals surface area contributed by atoms with Gasteiger partial charge in [0.15, 0.2) is 11.5 Å². The lowest BCUT2D eigenvalue weighted by molar-refractivity contribution is 0.109. The van der Waals surface area contributed by atoms with Crippen LogP contribution in [0.4, 0.5) is 4.79 Å². The zero-order valence-corrected chi connectivity index (χ0v) is 16.4. The van der Waals surface area contributed by atoms with Crippen molar-refractivity contribution >= 4 is 6.09 Å². The summed E-state index contributed by atoms with van der Waals surface area (Å²) in [5.41, 5.74) is 1.19. The molecule has 0 spiro atoms. The third-order valence-electron chi connectivity index (χ3n) is 5.04. The summed E-state index contributed by atoms with van der Waals surface area (Å²) in [4.78, 5) is 16.8. The van der Waals surface area contributed by atoms with E-state index in [0.29, 0.717) is 23.0 Å². The van der Waals surface area contributed by atoms with Gasteiger partial charge in [0, 0.05) is 18.8 Å². The Bertz CT molecular complexity index is 841. The summed E-state index contributed by atoms with van der Waals surface area (Å²) in [6.07, 6.45) is 3.94. The molecular formula is C20H24N2O6. The lowest BCUT2D eigenvalue weighted by Crippen LogP contribution is -2.42. The highest BCUT2D eigenvalue weighted by Crippen LogP contribution is 2.43. The van der Waals surface area contributed by atoms with Gasteiger partial charge in [-0.2, -0.15) is 0 Å². The number of likely N-dealkylation sites (N-methyl/N-ethyl adjacent to an activating group) is 1. The zero-order chi connectivity index (χ0) is 20.3. The Labute approximate surface area is 163 Å². The van der Waals surface area contributed by atoms with Gasteiger partial charge in [-0.05, 0) is 36.6 Å². The Balaban J connectivity index is 1.83. The van der Waals surface area contributed by atoms with Crippen LogP contribution in [0.1, 0.15) is 12.8 Å². The summed E-state index contributed by atoms with van der Waals surface area (Å²) in [6.45, 7) is 0.288. The molecule has 0 saturated heterocycles. The number of hydrogen-bond donors (Lipinski definition) is 1. The molecule has 1 aromatic carbocycles. The first-order valence-corrected chi connectivity index (χ1v) is 8.79. The van der Waals surface area contributed by atoms with E-state index in [4.69, 9.17) is 18.9 Å². The SMILES string of the molecule is COc1cc(-c2cncc(OCC3(N(C)C(=O)O)CC3)c2)cc(OC)c1OC. The van der Waals surface area contributed by atoms with Gasteiger partial charge in [-0.3, -0.25) is 4.98 Å². The Morgan fingerprint density at radius 3 is 2.21 bits per heavy atom. The van der Waals surface area contributed by atoms with E-state index >= 15 is 0 Å². The largest absolute Gasteiger partial charge is 0.493 e. The second-order valence-electron chi connectivity index (χ2n) is 6.68. The average molecular weight is 388 g/mol. The molecule has 1 saturated carbocycles. The molecular weight excluding hydrogens is 364 g/mol. The van der Waals surface area contributed by atoms with Crippen LogP contribution in [0.15, 0.2) is 30.6 Å². The molecule has 1 amide bonds. The van der Waals surface area contributed by atoms with E-state index in [0.717, 1.165) is 24.0 Å². The number of nitrogens with zero attached hydrogens (tertiary/aromatic N) is 2. The average Bonchev–Trinajstić information content (AvgIpc) is 3.51. The van der Waals surface area contributed by atoms with Crippen LogP contribution in [-0.4, -0.2) is 61.6 Å². The molecule has 0 bridgehead atoms. The van der Waals surface area contributed by atoms with E-state index in [-0.39, 0.29) is 6.61 Å². The molecule has 8 heteroatoms. The fourth-order valence-corrected chi connectivity index (χ4v) is 3.04. The van der Waals surface area contributed by atoms with Crippen molar-refractivity contribution < 1.29 is 28.8 Å². The normalized spacial score (nSPS) is 14.1. The number of hydrogen-bond acceptors (Lipinski definition) is 6. The molecule has 8 nitrogen and oxygen atoms in total. The number of methoxy groups -OCH3 is 3. The maximum absolute atomic E-state index is 11.2. The monoisotopic (exact) mass is 388 g/mol. The summed E-state index contributed by atoms with van der Waals surface area (Å²) in [6, 6.07) is 5.52. The Hall–Kier alpha value is -3.16. The first kappa shape index (κ1) is 19.6. The fraction of sp³-hybridized carbons (Fsp3) is 0.400. The standard InChI is InChI=1S/C20H24N2O6/c1-22(19(23)24)20(5-6-20)12-28-15-7-14(10-21-11-15)13-8-16(25-2)18(27-4)17(9-13)26-3/h7-11H,5-6,12H2,1-4H3,(H,23,24). The van der Waals surface area contributed by atoms with Gasteiger partial charge >= 0.3 is 6.09 Å². The summed E-state index contributed by atoms with van der Waals surface area (Å²) < 4.78 is 22.0. The van der Waals surface area contributed by atoms with Crippen molar-refractivity contribution in [2.45, 2.75) is 18.4 Å². The molecule has 2 aromatic rings. The van der Waals surface area contributed by atoms with Crippen molar-refractivity contribution in [3.8, 4) is 34.1 Å². The molecule has 3 rings (SSSR count). The number of amides is 1. The zero-order valence-electron chi connectivity index (χ0n) is 16.4. The molecule has 0 aliphatic heterocycles. The van der Waals surface area contributed by atoms with Crippen LogP contribution in [0.3, 0.4) is 0 Å². The first-order valence-electron chi connectivity index (χ1n) is 8.79. The van der Waals surface area contributed by atoms with Crippen molar-refractivity contribution in [1.29, 1.82) is 0 Å².